The molecule has 0 bridgehead atoms. The number of hydrogen-bond acceptors (Lipinski definition) is 2. The summed E-state index contributed by atoms with van der Waals surface area (Å²) >= 11 is 0.916. The molecule has 2 nitrogen and oxygen atoms in total. The van der Waals surface area contributed by atoms with E-state index in [1.807, 2.05) is 0 Å². The van der Waals surface area contributed by atoms with Gasteiger partial charge < -0.3 is 0 Å². The molecule has 14 heavy (non-hydrogen) atoms. The van der Waals surface area contributed by atoms with Crippen molar-refractivity contribution in [1.82, 2.24) is 0 Å². The second kappa shape index (κ2) is 3.90. The number of alkyl halides is 3. The van der Waals surface area contributed by atoms with Gasteiger partial charge in [0, 0.05) is 38.8 Å². The minimum Gasteiger partial charge on any atom is -0.207 e. The second-order valence-electron chi connectivity index (χ2n) is 2.46. The highest BCUT2D eigenvalue weighted by Gasteiger charge is 2.27. The minimum absolute atomic E-state index is 0.326. The highest BCUT2D eigenvalue weighted by molar-refractivity contribution is 14.1. The van der Waals surface area contributed by atoms with Gasteiger partial charge in [-0.1, -0.05) is 12.1 Å². The Labute approximate surface area is 97.8 Å². The zero-order valence-corrected chi connectivity index (χ0v) is 10.3. The van der Waals surface area contributed by atoms with Gasteiger partial charge in [-0.25, -0.2) is 8.42 Å². The van der Waals surface area contributed by atoms with Gasteiger partial charge in [0.15, 0.2) is 0 Å². The SMILES string of the molecule is O=S(=O)(Cl)c1cccc(C(F)(F)I)c1. The summed E-state index contributed by atoms with van der Waals surface area (Å²) in [5, 5.41) is 0. The van der Waals surface area contributed by atoms with Crippen molar-refractivity contribution in [2.45, 2.75) is 8.82 Å². The highest BCUT2D eigenvalue weighted by Crippen LogP contribution is 2.36. The quantitative estimate of drug-likeness (QED) is 0.466. The lowest BCUT2D eigenvalue weighted by Gasteiger charge is -2.08. The van der Waals surface area contributed by atoms with Crippen LogP contribution in [0.4, 0.5) is 8.78 Å². The van der Waals surface area contributed by atoms with Crippen molar-refractivity contribution in [3.63, 3.8) is 0 Å². The Bertz CT molecular complexity index is 441. The summed E-state index contributed by atoms with van der Waals surface area (Å²) < 4.78 is 44.1. The maximum atomic E-state index is 12.8. The number of rotatable bonds is 2. The van der Waals surface area contributed by atoms with Crippen LogP contribution >= 0.6 is 33.3 Å². The van der Waals surface area contributed by atoms with Crippen LogP contribution in [0.2, 0.25) is 0 Å². The van der Waals surface area contributed by atoms with Crippen molar-refractivity contribution >= 4 is 42.3 Å². The first-order chi connectivity index (χ1) is 6.21. The molecule has 1 rings (SSSR count). The fourth-order valence-electron chi connectivity index (χ4n) is 0.824. The zero-order chi connectivity index (χ0) is 11.0. The predicted octanol–water partition coefficient (Wildman–Crippen LogP) is 3.10. The lowest BCUT2D eigenvalue weighted by Crippen LogP contribution is -2.03. The van der Waals surface area contributed by atoms with E-state index < -0.39 is 13.0 Å². The molecular formula is C7H4ClF2IO2S. The fourth-order valence-corrected chi connectivity index (χ4v) is 1.96. The smallest absolute Gasteiger partial charge is 0.207 e. The molecule has 0 fully saturated rings. The van der Waals surface area contributed by atoms with E-state index >= 15 is 0 Å². The molecule has 0 aromatic heterocycles. The third-order valence-electron chi connectivity index (χ3n) is 1.44. The number of hydrogen-bond donors (Lipinski definition) is 0. The molecule has 1 aromatic carbocycles. The molecule has 0 unspecified atom stereocenters. The van der Waals surface area contributed by atoms with E-state index in [9.17, 15) is 17.2 Å². The molecule has 1 aromatic rings. The lowest BCUT2D eigenvalue weighted by molar-refractivity contribution is 0.127. The summed E-state index contributed by atoms with van der Waals surface area (Å²) in [6.45, 7) is 0. The first-order valence-corrected chi connectivity index (χ1v) is 6.72. The first kappa shape index (κ1) is 12.1. The summed E-state index contributed by atoms with van der Waals surface area (Å²) in [4.78, 5) is -0.326. The van der Waals surface area contributed by atoms with Gasteiger partial charge in [-0.05, 0) is 12.1 Å². The average molecular weight is 353 g/mol. The third-order valence-corrected chi connectivity index (χ3v) is 3.42. The molecule has 0 aliphatic rings. The molecule has 7 heteroatoms. The van der Waals surface area contributed by atoms with E-state index in [0.717, 1.165) is 40.8 Å². The molecule has 0 amide bonds. The fraction of sp³-hybridized carbons (Fsp3) is 0.143. The van der Waals surface area contributed by atoms with Crippen LogP contribution in [0.25, 0.3) is 0 Å². The number of halogens is 4. The topological polar surface area (TPSA) is 34.1 Å². The van der Waals surface area contributed by atoms with Crippen molar-refractivity contribution < 1.29 is 17.2 Å². The Kier molecular flexibility index (Phi) is 3.37. The van der Waals surface area contributed by atoms with Gasteiger partial charge in [-0.15, -0.1) is 0 Å². The summed E-state index contributed by atoms with van der Waals surface area (Å²) in [6, 6.07) is 4.37. The van der Waals surface area contributed by atoms with Crippen LogP contribution in [-0.2, 0) is 13.0 Å². The summed E-state index contributed by atoms with van der Waals surface area (Å²) in [7, 11) is 1.06. The van der Waals surface area contributed by atoms with Crippen molar-refractivity contribution in [3.05, 3.63) is 29.8 Å². The molecule has 0 N–H and O–H groups in total. The normalized spacial score (nSPS) is 12.9. The van der Waals surface area contributed by atoms with Crippen molar-refractivity contribution in [2.75, 3.05) is 0 Å². The van der Waals surface area contributed by atoms with E-state index in [1.54, 1.807) is 0 Å². The van der Waals surface area contributed by atoms with E-state index in [1.165, 1.54) is 6.07 Å². The maximum Gasteiger partial charge on any atom is 0.321 e. The Morgan fingerprint density at radius 3 is 2.36 bits per heavy atom. The van der Waals surface area contributed by atoms with Gasteiger partial charge in [0.05, 0.1) is 4.90 Å². The van der Waals surface area contributed by atoms with Crippen LogP contribution in [0.1, 0.15) is 5.56 Å². The van der Waals surface area contributed by atoms with E-state index in [0.29, 0.717) is 0 Å². The van der Waals surface area contributed by atoms with Crippen LogP contribution in [0.5, 0.6) is 0 Å². The van der Waals surface area contributed by atoms with Gasteiger partial charge in [0.25, 0.3) is 9.05 Å². The molecule has 0 aliphatic carbocycles. The van der Waals surface area contributed by atoms with Crippen LogP contribution < -0.4 is 0 Å². The molecule has 0 aliphatic heterocycles. The Hall–Kier alpha value is 0.0500. The van der Waals surface area contributed by atoms with Crippen molar-refractivity contribution in [3.8, 4) is 0 Å². The van der Waals surface area contributed by atoms with Crippen molar-refractivity contribution in [1.29, 1.82) is 0 Å². The van der Waals surface area contributed by atoms with E-state index in [-0.39, 0.29) is 10.5 Å². The standard InChI is InChI=1S/C7H4ClF2IO2S/c8-14(12,13)6-3-1-2-5(4-6)7(9,10)11/h1-4H. The van der Waals surface area contributed by atoms with Gasteiger partial charge in [-0.3, -0.25) is 0 Å². The Morgan fingerprint density at radius 1 is 1.36 bits per heavy atom. The monoisotopic (exact) mass is 352 g/mol. The molecule has 78 valence electrons. The third kappa shape index (κ3) is 3.03. The molecule has 0 saturated carbocycles. The number of benzene rings is 1. The van der Waals surface area contributed by atoms with Gasteiger partial charge >= 0.3 is 3.93 Å². The van der Waals surface area contributed by atoms with Crippen LogP contribution in [-0.4, -0.2) is 8.42 Å². The summed E-state index contributed by atoms with van der Waals surface area (Å²) in [6.07, 6.45) is 0. The predicted molar refractivity (Wildman–Crippen MR) is 57.4 cm³/mol. The van der Waals surface area contributed by atoms with E-state index in [4.69, 9.17) is 10.7 Å². The van der Waals surface area contributed by atoms with Crippen LogP contribution in [0, 0.1) is 0 Å². The highest BCUT2D eigenvalue weighted by atomic mass is 127. The van der Waals surface area contributed by atoms with Gasteiger partial charge in [0.2, 0.25) is 0 Å². The lowest BCUT2D eigenvalue weighted by atomic mass is 10.2. The van der Waals surface area contributed by atoms with Crippen LogP contribution in [0.15, 0.2) is 29.2 Å². The molecular weight excluding hydrogens is 348 g/mol. The van der Waals surface area contributed by atoms with Gasteiger partial charge in [-0.2, -0.15) is 8.78 Å². The summed E-state index contributed by atoms with van der Waals surface area (Å²) in [5.41, 5.74) is -0.389. The van der Waals surface area contributed by atoms with Gasteiger partial charge in [0.1, 0.15) is 0 Å². The maximum absolute atomic E-state index is 12.8. The zero-order valence-electron chi connectivity index (χ0n) is 6.55. The van der Waals surface area contributed by atoms with E-state index in [2.05, 4.69) is 0 Å². The minimum atomic E-state index is -3.95. The average Bonchev–Trinajstić information content (AvgIpc) is 2.01. The Morgan fingerprint density at radius 2 is 1.93 bits per heavy atom. The summed E-state index contributed by atoms with van der Waals surface area (Å²) in [5.74, 6) is 0. The molecule has 0 radical (unpaired) electrons. The second-order valence-corrected chi connectivity index (χ2v) is 6.38. The molecule has 0 spiro atoms. The largest absolute Gasteiger partial charge is 0.321 e. The van der Waals surface area contributed by atoms with Crippen LogP contribution in [0.3, 0.4) is 0 Å². The first-order valence-electron chi connectivity index (χ1n) is 3.33. The Balaban J connectivity index is 3.29. The molecule has 0 atom stereocenters. The van der Waals surface area contributed by atoms with Crippen molar-refractivity contribution in [2.24, 2.45) is 0 Å². The molecule has 0 heterocycles. The molecule has 0 saturated heterocycles.